The van der Waals surface area contributed by atoms with Gasteiger partial charge in [0.05, 0.1) is 13.7 Å². The number of methoxy groups -OCH3 is 1. The third kappa shape index (κ3) is 5.03. The van der Waals surface area contributed by atoms with E-state index in [1.54, 1.807) is 7.11 Å². The predicted octanol–water partition coefficient (Wildman–Crippen LogP) is 3.04. The van der Waals surface area contributed by atoms with Crippen molar-refractivity contribution in [2.75, 3.05) is 13.7 Å². The summed E-state index contributed by atoms with van der Waals surface area (Å²) in [6, 6.07) is 6.02. The van der Waals surface area contributed by atoms with Gasteiger partial charge in [0, 0.05) is 21.6 Å². The van der Waals surface area contributed by atoms with E-state index in [1.807, 2.05) is 23.9 Å². The van der Waals surface area contributed by atoms with Gasteiger partial charge in [0.2, 0.25) is 0 Å². The second kappa shape index (κ2) is 6.72. The van der Waals surface area contributed by atoms with Gasteiger partial charge in [-0.25, -0.2) is 0 Å². The SMILES string of the molecule is COc1ccc(C#CCN)cc1CSC(C)(C)C. The van der Waals surface area contributed by atoms with Crippen LogP contribution in [-0.2, 0) is 5.75 Å². The molecule has 98 valence electrons. The van der Waals surface area contributed by atoms with Crippen molar-refractivity contribution in [1.82, 2.24) is 0 Å². The highest BCUT2D eigenvalue weighted by atomic mass is 32.2. The summed E-state index contributed by atoms with van der Waals surface area (Å²) in [7, 11) is 1.70. The van der Waals surface area contributed by atoms with Crippen LogP contribution in [0.1, 0.15) is 31.9 Å². The summed E-state index contributed by atoms with van der Waals surface area (Å²) in [6.07, 6.45) is 0. The van der Waals surface area contributed by atoms with Gasteiger partial charge in [0.15, 0.2) is 0 Å². The molecule has 2 N–H and O–H groups in total. The van der Waals surface area contributed by atoms with Gasteiger partial charge in [0.25, 0.3) is 0 Å². The molecule has 0 heterocycles. The Kier molecular flexibility index (Phi) is 5.58. The summed E-state index contributed by atoms with van der Waals surface area (Å²) in [5.74, 6) is 7.77. The van der Waals surface area contributed by atoms with Crippen molar-refractivity contribution >= 4 is 11.8 Å². The highest BCUT2D eigenvalue weighted by molar-refractivity contribution is 7.99. The Morgan fingerprint density at radius 3 is 2.61 bits per heavy atom. The molecule has 0 saturated carbocycles. The Labute approximate surface area is 114 Å². The molecule has 3 heteroatoms. The van der Waals surface area contributed by atoms with Crippen molar-refractivity contribution in [1.29, 1.82) is 0 Å². The molecule has 0 aliphatic rings. The smallest absolute Gasteiger partial charge is 0.122 e. The maximum Gasteiger partial charge on any atom is 0.122 e. The first-order chi connectivity index (χ1) is 8.46. The largest absolute Gasteiger partial charge is 0.496 e. The minimum atomic E-state index is 0.240. The minimum Gasteiger partial charge on any atom is -0.496 e. The first-order valence-corrected chi connectivity index (χ1v) is 6.94. The fraction of sp³-hybridized carbons (Fsp3) is 0.467. The normalized spacial score (nSPS) is 10.7. The molecule has 0 aromatic heterocycles. The molecule has 0 fully saturated rings. The van der Waals surface area contributed by atoms with Crippen LogP contribution in [0.4, 0.5) is 0 Å². The van der Waals surface area contributed by atoms with E-state index in [9.17, 15) is 0 Å². The summed E-state index contributed by atoms with van der Waals surface area (Å²) in [5.41, 5.74) is 7.56. The fourth-order valence-electron chi connectivity index (χ4n) is 1.42. The maximum absolute atomic E-state index is 5.38. The van der Waals surface area contributed by atoms with Gasteiger partial charge in [-0.2, -0.15) is 11.8 Å². The highest BCUT2D eigenvalue weighted by Crippen LogP contribution is 2.31. The summed E-state index contributed by atoms with van der Waals surface area (Å²) in [5, 5.41) is 0. The van der Waals surface area contributed by atoms with E-state index in [0.29, 0.717) is 6.54 Å². The minimum absolute atomic E-state index is 0.240. The van der Waals surface area contributed by atoms with Gasteiger partial charge in [-0.15, -0.1) is 0 Å². The molecule has 0 unspecified atom stereocenters. The monoisotopic (exact) mass is 263 g/mol. The molecule has 0 aliphatic heterocycles. The Morgan fingerprint density at radius 2 is 2.06 bits per heavy atom. The van der Waals surface area contributed by atoms with Crippen LogP contribution in [0.3, 0.4) is 0 Å². The lowest BCUT2D eigenvalue weighted by atomic mass is 10.1. The Bertz CT molecular complexity index is 452. The van der Waals surface area contributed by atoms with Crippen LogP contribution in [0.25, 0.3) is 0 Å². The number of hydrogen-bond acceptors (Lipinski definition) is 3. The van der Waals surface area contributed by atoms with Crippen molar-refractivity contribution in [3.63, 3.8) is 0 Å². The molecule has 0 saturated heterocycles. The van der Waals surface area contributed by atoms with Crippen LogP contribution in [0.2, 0.25) is 0 Å². The van der Waals surface area contributed by atoms with Crippen molar-refractivity contribution in [2.24, 2.45) is 5.73 Å². The summed E-state index contributed by atoms with van der Waals surface area (Å²) in [4.78, 5) is 0. The topological polar surface area (TPSA) is 35.2 Å². The van der Waals surface area contributed by atoms with Crippen LogP contribution in [0.15, 0.2) is 18.2 Å². The van der Waals surface area contributed by atoms with Gasteiger partial charge in [-0.05, 0) is 18.2 Å². The summed E-state index contributed by atoms with van der Waals surface area (Å²) >= 11 is 1.90. The van der Waals surface area contributed by atoms with Gasteiger partial charge in [-0.3, -0.25) is 0 Å². The lowest BCUT2D eigenvalue weighted by Gasteiger charge is -2.18. The van der Waals surface area contributed by atoms with Crippen molar-refractivity contribution in [2.45, 2.75) is 31.3 Å². The third-order valence-electron chi connectivity index (χ3n) is 2.28. The number of rotatable bonds is 3. The molecule has 0 radical (unpaired) electrons. The Morgan fingerprint density at radius 1 is 1.33 bits per heavy atom. The molecule has 0 bridgehead atoms. The molecule has 2 nitrogen and oxygen atoms in total. The molecule has 1 rings (SSSR count). The number of ether oxygens (including phenoxy) is 1. The first kappa shape index (κ1) is 14.9. The number of thioether (sulfide) groups is 1. The number of hydrogen-bond donors (Lipinski definition) is 1. The second-order valence-electron chi connectivity index (χ2n) is 4.93. The Balaban J connectivity index is 2.92. The lowest BCUT2D eigenvalue weighted by molar-refractivity contribution is 0.411. The second-order valence-corrected chi connectivity index (χ2v) is 6.74. The van der Waals surface area contributed by atoms with E-state index in [2.05, 4.69) is 38.7 Å². The maximum atomic E-state index is 5.38. The lowest BCUT2D eigenvalue weighted by Crippen LogP contribution is -2.07. The average Bonchev–Trinajstić information content (AvgIpc) is 2.33. The van der Waals surface area contributed by atoms with Gasteiger partial charge in [-0.1, -0.05) is 32.6 Å². The number of nitrogens with two attached hydrogens (primary N) is 1. The number of benzene rings is 1. The standard InChI is InChI=1S/C15H21NOS/c1-15(2,3)18-11-13-10-12(6-5-9-16)7-8-14(13)17-4/h7-8,10H,9,11,16H2,1-4H3. The van der Waals surface area contributed by atoms with Crippen molar-refractivity contribution in [3.05, 3.63) is 29.3 Å². The van der Waals surface area contributed by atoms with Crippen molar-refractivity contribution in [3.8, 4) is 17.6 Å². The van der Waals surface area contributed by atoms with E-state index in [1.165, 1.54) is 5.56 Å². The van der Waals surface area contributed by atoms with E-state index in [0.717, 1.165) is 17.1 Å². The summed E-state index contributed by atoms with van der Waals surface area (Å²) in [6.45, 7) is 7.02. The van der Waals surface area contributed by atoms with E-state index < -0.39 is 0 Å². The zero-order chi connectivity index (χ0) is 13.6. The van der Waals surface area contributed by atoms with Crippen LogP contribution < -0.4 is 10.5 Å². The molecular formula is C15H21NOS. The van der Waals surface area contributed by atoms with Gasteiger partial charge in [0.1, 0.15) is 5.75 Å². The van der Waals surface area contributed by atoms with Crippen LogP contribution in [0, 0.1) is 11.8 Å². The zero-order valence-corrected chi connectivity index (χ0v) is 12.4. The van der Waals surface area contributed by atoms with Crippen LogP contribution in [-0.4, -0.2) is 18.4 Å². The fourth-order valence-corrected chi connectivity index (χ4v) is 2.23. The van der Waals surface area contributed by atoms with Crippen LogP contribution >= 0.6 is 11.8 Å². The molecule has 0 spiro atoms. The van der Waals surface area contributed by atoms with E-state index in [-0.39, 0.29) is 4.75 Å². The molecule has 18 heavy (non-hydrogen) atoms. The van der Waals surface area contributed by atoms with E-state index >= 15 is 0 Å². The molecule has 1 aromatic carbocycles. The quantitative estimate of drug-likeness (QED) is 0.851. The predicted molar refractivity (Wildman–Crippen MR) is 80.0 cm³/mol. The zero-order valence-electron chi connectivity index (χ0n) is 11.5. The third-order valence-corrected chi connectivity index (χ3v) is 3.60. The molecule has 1 aromatic rings. The molecular weight excluding hydrogens is 242 g/mol. The average molecular weight is 263 g/mol. The van der Waals surface area contributed by atoms with Crippen LogP contribution in [0.5, 0.6) is 5.75 Å². The summed E-state index contributed by atoms with van der Waals surface area (Å²) < 4.78 is 5.62. The van der Waals surface area contributed by atoms with Crippen molar-refractivity contribution < 1.29 is 4.74 Å². The molecule has 0 aliphatic carbocycles. The Hall–Kier alpha value is -1.11. The molecule has 0 atom stereocenters. The first-order valence-electron chi connectivity index (χ1n) is 5.96. The molecule has 0 amide bonds. The van der Waals surface area contributed by atoms with Gasteiger partial charge >= 0.3 is 0 Å². The van der Waals surface area contributed by atoms with Gasteiger partial charge < -0.3 is 10.5 Å². The van der Waals surface area contributed by atoms with E-state index in [4.69, 9.17) is 10.5 Å². The highest BCUT2D eigenvalue weighted by Gasteiger charge is 2.12.